The molecule has 3 rings (SSSR count). The smallest absolute Gasteiger partial charge is 0.289 e. The Morgan fingerprint density at radius 2 is 2.17 bits per heavy atom. The number of carbonyl (C=O) groups is 1. The molecule has 1 unspecified atom stereocenters. The molecule has 0 radical (unpaired) electrons. The van der Waals surface area contributed by atoms with Gasteiger partial charge >= 0.3 is 0 Å². The standard InChI is InChI=1S/C18H22N2O3/c1-12-4-3-9-20(11-12)18(21)17-8-7-15(23-17)13-5-6-16(22-2)14(19)10-13/h5-8,10,12H,3-4,9,11,19H2,1-2H3. The Bertz CT molecular complexity index is 708. The van der Waals surface area contributed by atoms with Crippen LogP contribution >= 0.6 is 0 Å². The fourth-order valence-electron chi connectivity index (χ4n) is 3.03. The fraction of sp³-hybridized carbons (Fsp3) is 0.389. The van der Waals surface area contributed by atoms with E-state index in [1.165, 1.54) is 6.42 Å². The molecule has 1 aliphatic heterocycles. The number of nitrogen functional groups attached to an aromatic ring is 1. The van der Waals surface area contributed by atoms with Crippen LogP contribution in [0.15, 0.2) is 34.7 Å². The molecule has 1 amide bonds. The fourth-order valence-corrected chi connectivity index (χ4v) is 3.03. The largest absolute Gasteiger partial charge is 0.495 e. The summed E-state index contributed by atoms with van der Waals surface area (Å²) in [5.74, 6) is 2.14. The van der Waals surface area contributed by atoms with E-state index in [0.717, 1.165) is 25.1 Å². The Morgan fingerprint density at radius 3 is 2.87 bits per heavy atom. The second kappa shape index (κ2) is 6.36. The molecule has 1 saturated heterocycles. The summed E-state index contributed by atoms with van der Waals surface area (Å²) in [5.41, 5.74) is 7.30. The van der Waals surface area contributed by atoms with E-state index in [-0.39, 0.29) is 5.91 Å². The molecule has 2 aromatic rings. The molecule has 2 N–H and O–H groups in total. The number of benzene rings is 1. The first-order chi connectivity index (χ1) is 11.1. The van der Waals surface area contributed by atoms with Gasteiger partial charge < -0.3 is 19.8 Å². The maximum atomic E-state index is 12.5. The monoisotopic (exact) mass is 314 g/mol. The van der Waals surface area contributed by atoms with Crippen molar-refractivity contribution in [1.82, 2.24) is 4.90 Å². The van der Waals surface area contributed by atoms with Gasteiger partial charge in [-0.05, 0) is 49.1 Å². The number of amides is 1. The van der Waals surface area contributed by atoms with Crippen molar-refractivity contribution in [2.45, 2.75) is 19.8 Å². The molecule has 1 aromatic heterocycles. The molecule has 0 saturated carbocycles. The zero-order chi connectivity index (χ0) is 16.4. The Kier molecular flexibility index (Phi) is 4.28. The minimum Gasteiger partial charge on any atom is -0.495 e. The van der Waals surface area contributed by atoms with Crippen LogP contribution in [0.1, 0.15) is 30.3 Å². The Morgan fingerprint density at radius 1 is 1.35 bits per heavy atom. The van der Waals surface area contributed by atoms with E-state index in [1.807, 2.05) is 17.0 Å². The van der Waals surface area contributed by atoms with Crippen LogP contribution in [0, 0.1) is 5.92 Å². The molecule has 2 heterocycles. The highest BCUT2D eigenvalue weighted by Gasteiger charge is 2.24. The van der Waals surface area contributed by atoms with E-state index < -0.39 is 0 Å². The lowest BCUT2D eigenvalue weighted by Gasteiger charge is -2.30. The van der Waals surface area contributed by atoms with Crippen LogP contribution in [0.4, 0.5) is 5.69 Å². The molecule has 1 aromatic carbocycles. The van der Waals surface area contributed by atoms with E-state index in [1.54, 1.807) is 25.3 Å². The predicted octanol–water partition coefficient (Wildman–Crippen LogP) is 3.41. The first-order valence-electron chi connectivity index (χ1n) is 7.91. The lowest BCUT2D eigenvalue weighted by molar-refractivity contribution is 0.0652. The highest BCUT2D eigenvalue weighted by atomic mass is 16.5. The predicted molar refractivity (Wildman–Crippen MR) is 89.4 cm³/mol. The van der Waals surface area contributed by atoms with Gasteiger partial charge in [0.1, 0.15) is 11.5 Å². The molecule has 5 nitrogen and oxygen atoms in total. The van der Waals surface area contributed by atoms with Gasteiger partial charge in [-0.1, -0.05) is 6.92 Å². The summed E-state index contributed by atoms with van der Waals surface area (Å²) in [6, 6.07) is 8.99. The van der Waals surface area contributed by atoms with Crippen LogP contribution in [0.2, 0.25) is 0 Å². The lowest BCUT2D eigenvalue weighted by Crippen LogP contribution is -2.38. The van der Waals surface area contributed by atoms with Crippen LogP contribution in [0.3, 0.4) is 0 Å². The van der Waals surface area contributed by atoms with Crippen LogP contribution in [-0.2, 0) is 0 Å². The van der Waals surface area contributed by atoms with Gasteiger partial charge in [0, 0.05) is 18.7 Å². The number of piperidine rings is 1. The van der Waals surface area contributed by atoms with E-state index in [2.05, 4.69) is 6.92 Å². The van der Waals surface area contributed by atoms with Crippen LogP contribution in [0.5, 0.6) is 5.75 Å². The summed E-state index contributed by atoms with van der Waals surface area (Å²) in [5, 5.41) is 0. The third-order valence-electron chi connectivity index (χ3n) is 4.28. The lowest BCUT2D eigenvalue weighted by atomic mass is 10.0. The second-order valence-electron chi connectivity index (χ2n) is 6.12. The van der Waals surface area contributed by atoms with Crippen LogP contribution < -0.4 is 10.5 Å². The molecular formula is C18H22N2O3. The molecule has 1 atom stereocenters. The number of carbonyl (C=O) groups excluding carboxylic acids is 1. The minimum atomic E-state index is -0.0377. The zero-order valence-corrected chi connectivity index (χ0v) is 13.5. The van der Waals surface area contributed by atoms with Crippen molar-refractivity contribution in [1.29, 1.82) is 0 Å². The number of methoxy groups -OCH3 is 1. The van der Waals surface area contributed by atoms with Gasteiger partial charge in [0.25, 0.3) is 5.91 Å². The van der Waals surface area contributed by atoms with Crippen molar-refractivity contribution in [2.24, 2.45) is 5.92 Å². The Hall–Kier alpha value is -2.43. The van der Waals surface area contributed by atoms with Gasteiger partial charge in [0.2, 0.25) is 0 Å². The number of hydrogen-bond donors (Lipinski definition) is 1. The van der Waals surface area contributed by atoms with Gasteiger partial charge in [-0.25, -0.2) is 0 Å². The molecule has 0 aliphatic carbocycles. The first kappa shape index (κ1) is 15.5. The number of hydrogen-bond acceptors (Lipinski definition) is 4. The number of likely N-dealkylation sites (tertiary alicyclic amines) is 1. The SMILES string of the molecule is COc1ccc(-c2ccc(C(=O)N3CCCC(C)C3)o2)cc1N. The highest BCUT2D eigenvalue weighted by Crippen LogP contribution is 2.30. The number of ether oxygens (including phenoxy) is 1. The number of anilines is 1. The van der Waals surface area contributed by atoms with Crippen molar-refractivity contribution < 1.29 is 13.9 Å². The van der Waals surface area contributed by atoms with E-state index in [9.17, 15) is 4.79 Å². The first-order valence-corrected chi connectivity index (χ1v) is 7.91. The molecule has 5 heteroatoms. The Labute approximate surface area is 136 Å². The van der Waals surface area contributed by atoms with Gasteiger partial charge in [0.15, 0.2) is 5.76 Å². The molecule has 23 heavy (non-hydrogen) atoms. The van der Waals surface area contributed by atoms with Gasteiger partial charge in [-0.15, -0.1) is 0 Å². The quantitative estimate of drug-likeness (QED) is 0.882. The van der Waals surface area contributed by atoms with Crippen LogP contribution in [-0.4, -0.2) is 31.0 Å². The summed E-state index contributed by atoms with van der Waals surface area (Å²) < 4.78 is 10.9. The normalized spacial score (nSPS) is 18.0. The van der Waals surface area contributed by atoms with Crippen molar-refractivity contribution in [3.8, 4) is 17.1 Å². The molecule has 1 aliphatic rings. The second-order valence-corrected chi connectivity index (χ2v) is 6.12. The topological polar surface area (TPSA) is 68.7 Å². The maximum Gasteiger partial charge on any atom is 0.289 e. The summed E-state index contributed by atoms with van der Waals surface area (Å²) in [7, 11) is 1.58. The van der Waals surface area contributed by atoms with Gasteiger partial charge in [-0.2, -0.15) is 0 Å². The highest BCUT2D eigenvalue weighted by molar-refractivity contribution is 5.92. The summed E-state index contributed by atoms with van der Waals surface area (Å²) in [4.78, 5) is 14.4. The molecule has 1 fully saturated rings. The maximum absolute atomic E-state index is 12.5. The van der Waals surface area contributed by atoms with E-state index in [0.29, 0.717) is 28.9 Å². The van der Waals surface area contributed by atoms with Crippen molar-refractivity contribution in [3.05, 3.63) is 36.1 Å². The van der Waals surface area contributed by atoms with E-state index in [4.69, 9.17) is 14.9 Å². The average Bonchev–Trinajstić information content (AvgIpc) is 3.04. The van der Waals surface area contributed by atoms with Crippen LogP contribution in [0.25, 0.3) is 11.3 Å². The molecule has 122 valence electrons. The molecule has 0 spiro atoms. The minimum absolute atomic E-state index is 0.0377. The number of rotatable bonds is 3. The van der Waals surface area contributed by atoms with Gasteiger partial charge in [-0.3, -0.25) is 4.79 Å². The molecule has 0 bridgehead atoms. The third kappa shape index (κ3) is 3.18. The number of nitrogens with two attached hydrogens (primary N) is 1. The number of furan rings is 1. The van der Waals surface area contributed by atoms with Crippen molar-refractivity contribution in [3.63, 3.8) is 0 Å². The Balaban J connectivity index is 1.80. The third-order valence-corrected chi connectivity index (χ3v) is 4.28. The average molecular weight is 314 g/mol. The summed E-state index contributed by atoms with van der Waals surface area (Å²) in [6.07, 6.45) is 2.23. The summed E-state index contributed by atoms with van der Waals surface area (Å²) in [6.45, 7) is 3.77. The van der Waals surface area contributed by atoms with Gasteiger partial charge in [0.05, 0.1) is 12.8 Å². The van der Waals surface area contributed by atoms with E-state index >= 15 is 0 Å². The molecular weight excluding hydrogens is 292 g/mol. The number of nitrogens with zero attached hydrogens (tertiary/aromatic N) is 1. The van der Waals surface area contributed by atoms with Crippen molar-refractivity contribution in [2.75, 3.05) is 25.9 Å². The van der Waals surface area contributed by atoms with Crippen molar-refractivity contribution >= 4 is 11.6 Å². The summed E-state index contributed by atoms with van der Waals surface area (Å²) >= 11 is 0. The zero-order valence-electron chi connectivity index (χ0n) is 13.5.